The van der Waals surface area contributed by atoms with Crippen molar-refractivity contribution in [1.29, 1.82) is 0 Å². The Kier molecular flexibility index (Phi) is 10.1. The van der Waals surface area contributed by atoms with E-state index in [4.69, 9.17) is 45.1 Å². The van der Waals surface area contributed by atoms with Crippen molar-refractivity contribution in [2.24, 2.45) is 10.8 Å². The molecule has 0 radical (unpaired) electrons. The molecule has 2 atom stereocenters. The van der Waals surface area contributed by atoms with E-state index in [0.717, 1.165) is 4.57 Å². The van der Waals surface area contributed by atoms with E-state index >= 15 is 0 Å². The van der Waals surface area contributed by atoms with Gasteiger partial charge >= 0.3 is 25.5 Å². The first kappa shape index (κ1) is 30.2. The number of rotatable bonds is 10. The van der Waals surface area contributed by atoms with Gasteiger partial charge in [0.15, 0.2) is 0 Å². The fraction of sp³-hybridized carbons (Fsp3) is 0.714. The van der Waals surface area contributed by atoms with Gasteiger partial charge in [0.1, 0.15) is 17.2 Å². The van der Waals surface area contributed by atoms with E-state index in [1.165, 1.54) is 6.07 Å². The van der Waals surface area contributed by atoms with Crippen LogP contribution < -0.4 is 11.4 Å². The molecule has 13 nitrogen and oxygen atoms in total. The van der Waals surface area contributed by atoms with Gasteiger partial charge in [0.2, 0.25) is 13.6 Å². The predicted molar refractivity (Wildman–Crippen MR) is 128 cm³/mol. The summed E-state index contributed by atoms with van der Waals surface area (Å²) in [6.45, 7) is 8.08. The van der Waals surface area contributed by atoms with Crippen LogP contribution in [0.4, 0.5) is 5.82 Å². The third-order valence-electron chi connectivity index (χ3n) is 4.75. The molecule has 1 fully saturated rings. The fourth-order valence-corrected chi connectivity index (χ4v) is 3.98. The number of carbonyl (C=O) groups is 2. The minimum absolute atomic E-state index is 0.0197. The van der Waals surface area contributed by atoms with E-state index in [9.17, 15) is 18.9 Å². The van der Waals surface area contributed by atoms with Crippen LogP contribution in [0.3, 0.4) is 0 Å². The van der Waals surface area contributed by atoms with Gasteiger partial charge in [-0.2, -0.15) is 4.98 Å². The molecule has 1 saturated heterocycles. The summed E-state index contributed by atoms with van der Waals surface area (Å²) >= 11 is 6.11. The summed E-state index contributed by atoms with van der Waals surface area (Å²) in [6, 6.07) is 1.32. The van der Waals surface area contributed by atoms with Crippen molar-refractivity contribution in [3.8, 4) is 0 Å². The van der Waals surface area contributed by atoms with Gasteiger partial charge in [-0.3, -0.25) is 18.7 Å². The van der Waals surface area contributed by atoms with Crippen molar-refractivity contribution in [2.75, 3.05) is 25.9 Å². The molecule has 2 heterocycles. The quantitative estimate of drug-likeness (QED) is 0.194. The summed E-state index contributed by atoms with van der Waals surface area (Å²) < 4.78 is 45.6. The van der Waals surface area contributed by atoms with Gasteiger partial charge < -0.3 is 19.9 Å². The number of hydrogen-bond acceptors (Lipinski definition) is 12. The van der Waals surface area contributed by atoms with Gasteiger partial charge in [0.25, 0.3) is 0 Å². The monoisotopic (exact) mass is 553 g/mol. The van der Waals surface area contributed by atoms with E-state index in [-0.39, 0.29) is 17.6 Å². The van der Waals surface area contributed by atoms with Crippen LogP contribution in [0.25, 0.3) is 0 Å². The second kappa shape index (κ2) is 12.0. The lowest BCUT2D eigenvalue weighted by molar-refractivity contribution is -0.163. The molecule has 2 unspecified atom stereocenters. The number of nitrogens with zero attached hydrogens (tertiary/aromatic N) is 2. The van der Waals surface area contributed by atoms with Crippen molar-refractivity contribution in [3.63, 3.8) is 0 Å². The molecule has 0 aromatic carbocycles. The van der Waals surface area contributed by atoms with Crippen LogP contribution in [0.5, 0.6) is 0 Å². The highest BCUT2D eigenvalue weighted by Gasteiger charge is 2.35. The number of hydrogen-bond donors (Lipinski definition) is 1. The maximum atomic E-state index is 13.1. The maximum Gasteiger partial charge on any atom is 0.480 e. The zero-order valence-corrected chi connectivity index (χ0v) is 22.8. The molecule has 2 N–H and O–H groups in total. The molecular formula is C21H33ClN3O10P. The van der Waals surface area contributed by atoms with E-state index in [0.29, 0.717) is 12.8 Å². The van der Waals surface area contributed by atoms with Crippen molar-refractivity contribution in [2.45, 2.75) is 66.7 Å². The average molecular weight is 554 g/mol. The lowest BCUT2D eigenvalue weighted by Gasteiger charge is -2.22. The summed E-state index contributed by atoms with van der Waals surface area (Å²) in [4.78, 5) is 39.7. The van der Waals surface area contributed by atoms with Crippen LogP contribution in [0.1, 0.15) is 60.6 Å². The predicted octanol–water partition coefficient (Wildman–Crippen LogP) is 3.41. The van der Waals surface area contributed by atoms with Crippen molar-refractivity contribution in [1.82, 2.24) is 9.55 Å². The molecule has 1 aliphatic rings. The lowest BCUT2D eigenvalue weighted by Crippen LogP contribution is -2.29. The number of phosphoric ester groups is 1. The highest BCUT2D eigenvalue weighted by molar-refractivity contribution is 7.48. The number of halogens is 1. The van der Waals surface area contributed by atoms with Gasteiger partial charge in [0.05, 0.1) is 23.5 Å². The number of phosphoric acid groups is 1. The lowest BCUT2D eigenvalue weighted by atomic mass is 9.98. The first-order valence-electron chi connectivity index (χ1n) is 11.1. The SMILES string of the molecule is CC(C)(C)C(=O)OCOP(=O)(OCOC(=O)C(C)(C)C)OCC1CCC(n2c(Cl)cc(N)nc2=O)O1. The fourth-order valence-electron chi connectivity index (χ4n) is 2.75. The first-order chi connectivity index (χ1) is 16.5. The smallest absolute Gasteiger partial charge is 0.437 e. The first-order valence-corrected chi connectivity index (χ1v) is 12.9. The minimum Gasteiger partial charge on any atom is -0.437 e. The molecule has 1 aromatic heterocycles. The third-order valence-corrected chi connectivity index (χ3v) is 6.35. The Labute approximate surface area is 214 Å². The molecule has 1 aromatic rings. The second-order valence-electron chi connectivity index (χ2n) is 10.0. The molecular weight excluding hydrogens is 521 g/mol. The van der Waals surface area contributed by atoms with Crippen LogP contribution >= 0.6 is 19.4 Å². The van der Waals surface area contributed by atoms with Crippen molar-refractivity contribution < 1.29 is 41.9 Å². The summed E-state index contributed by atoms with van der Waals surface area (Å²) in [7, 11) is -4.36. The highest BCUT2D eigenvalue weighted by atomic mass is 35.5. The summed E-state index contributed by atoms with van der Waals surface area (Å²) in [5.74, 6) is -1.22. The van der Waals surface area contributed by atoms with Crippen LogP contribution in [0.2, 0.25) is 5.15 Å². The number of ether oxygens (including phenoxy) is 3. The molecule has 2 rings (SSSR count). The van der Waals surface area contributed by atoms with Gasteiger partial charge in [0, 0.05) is 6.07 Å². The molecule has 1 aliphatic heterocycles. The molecule has 204 valence electrons. The van der Waals surface area contributed by atoms with Gasteiger partial charge in [-0.25, -0.2) is 18.4 Å². The Morgan fingerprint density at radius 2 is 1.61 bits per heavy atom. The van der Waals surface area contributed by atoms with Crippen molar-refractivity contribution in [3.05, 3.63) is 21.7 Å². The number of nitrogens with two attached hydrogens (primary N) is 1. The highest BCUT2D eigenvalue weighted by Crippen LogP contribution is 2.50. The Balaban J connectivity index is 2.01. The Morgan fingerprint density at radius 1 is 1.08 bits per heavy atom. The van der Waals surface area contributed by atoms with Crippen LogP contribution in [0.15, 0.2) is 10.9 Å². The Bertz CT molecular complexity index is 1010. The summed E-state index contributed by atoms with van der Waals surface area (Å²) in [5.41, 5.74) is 3.21. The second-order valence-corrected chi connectivity index (χ2v) is 12.1. The number of esters is 2. The van der Waals surface area contributed by atoms with Crippen molar-refractivity contribution >= 4 is 37.2 Å². The number of nitrogen functional groups attached to an aromatic ring is 1. The normalized spacial score (nSPS) is 18.8. The molecule has 0 aliphatic carbocycles. The molecule has 15 heteroatoms. The van der Waals surface area contributed by atoms with Crippen LogP contribution in [0, 0.1) is 10.8 Å². The van der Waals surface area contributed by atoms with E-state index < -0.39 is 62.2 Å². The minimum atomic E-state index is -4.36. The molecule has 0 saturated carbocycles. The Morgan fingerprint density at radius 3 is 2.08 bits per heavy atom. The van der Waals surface area contributed by atoms with E-state index in [1.54, 1.807) is 41.5 Å². The summed E-state index contributed by atoms with van der Waals surface area (Å²) in [6.07, 6.45) is -0.563. The summed E-state index contributed by atoms with van der Waals surface area (Å²) in [5, 5.41) is 0.0535. The Hall–Kier alpha value is -2.02. The van der Waals surface area contributed by atoms with Gasteiger partial charge in [-0.05, 0) is 54.4 Å². The zero-order valence-electron chi connectivity index (χ0n) is 21.1. The third kappa shape index (κ3) is 8.82. The average Bonchev–Trinajstić information content (AvgIpc) is 3.18. The number of carbonyl (C=O) groups excluding carboxylic acids is 2. The number of anilines is 1. The number of aromatic nitrogens is 2. The van der Waals surface area contributed by atoms with Crippen LogP contribution in [-0.4, -0.2) is 47.8 Å². The molecule has 0 spiro atoms. The topological polar surface area (TPSA) is 167 Å². The maximum absolute atomic E-state index is 13.1. The van der Waals surface area contributed by atoms with Gasteiger partial charge in [-0.15, -0.1) is 0 Å². The zero-order chi connectivity index (χ0) is 27.3. The largest absolute Gasteiger partial charge is 0.480 e. The van der Waals surface area contributed by atoms with E-state index in [1.807, 2.05) is 0 Å². The van der Waals surface area contributed by atoms with Gasteiger partial charge in [-0.1, -0.05) is 11.6 Å². The molecule has 0 bridgehead atoms. The van der Waals surface area contributed by atoms with E-state index in [2.05, 4.69) is 4.98 Å². The molecule has 36 heavy (non-hydrogen) atoms. The molecule has 0 amide bonds. The van der Waals surface area contributed by atoms with Crippen LogP contribution in [-0.2, 0) is 41.9 Å². The standard InChI is InChI=1S/C21H33ClN3O10P/c1-20(2,3)17(26)30-11-33-36(29,34-12-31-18(27)21(4,5)6)32-10-13-7-8-16(35-13)25-14(22)9-15(23)24-19(25)28/h9,13,16H,7-8,10-12H2,1-6H3,(H2,23,24,28).